The highest BCUT2D eigenvalue weighted by molar-refractivity contribution is 7.99. The Morgan fingerprint density at radius 1 is 1.16 bits per heavy atom. The summed E-state index contributed by atoms with van der Waals surface area (Å²) in [5.41, 5.74) is 8.68. The Hall–Kier alpha value is -2.72. The van der Waals surface area contributed by atoms with Crippen molar-refractivity contribution in [3.8, 4) is 11.5 Å². The number of fused-ring (bicyclic) bond motifs is 2. The molecule has 3 N–H and O–H groups in total. The molecule has 0 spiro atoms. The first kappa shape index (κ1) is 21.1. The second-order valence-corrected chi connectivity index (χ2v) is 9.49. The predicted octanol–water partition coefficient (Wildman–Crippen LogP) is 2.79. The molecule has 0 saturated carbocycles. The summed E-state index contributed by atoms with van der Waals surface area (Å²) in [6.45, 7) is 10.2. The molecular formula is C22H29N7O2S. The van der Waals surface area contributed by atoms with Gasteiger partial charge in [0, 0.05) is 43.2 Å². The Labute approximate surface area is 191 Å². The van der Waals surface area contributed by atoms with E-state index in [1.165, 1.54) is 12.7 Å². The standard InChI is InChI=1S/C22H29N7O2S/c1-14(2)12-24-4-7-29-21-19(20(23)25-13-26-21)27-22(29)32-18-11-17-16(30-8-9-31-17)10-15(18)28-5-3-6-28/h10-11,13-14,24H,3-9,12H2,1-2H3,(H2,23,25,26). The molecule has 1 aromatic carbocycles. The minimum absolute atomic E-state index is 0.399. The lowest BCUT2D eigenvalue weighted by molar-refractivity contribution is 0.171. The molecular weight excluding hydrogens is 426 g/mol. The molecule has 2 aliphatic rings. The zero-order valence-corrected chi connectivity index (χ0v) is 19.3. The average Bonchev–Trinajstić information content (AvgIpc) is 3.09. The highest BCUT2D eigenvalue weighted by Gasteiger charge is 2.25. The maximum Gasteiger partial charge on any atom is 0.175 e. The van der Waals surface area contributed by atoms with Crippen molar-refractivity contribution in [1.29, 1.82) is 0 Å². The Bertz CT molecular complexity index is 1110. The molecule has 0 bridgehead atoms. The van der Waals surface area contributed by atoms with E-state index in [1.54, 1.807) is 11.8 Å². The molecule has 0 unspecified atom stereocenters. The zero-order chi connectivity index (χ0) is 22.1. The summed E-state index contributed by atoms with van der Waals surface area (Å²) in [6, 6.07) is 4.17. The van der Waals surface area contributed by atoms with Gasteiger partial charge in [-0.2, -0.15) is 0 Å². The number of rotatable bonds is 8. The summed E-state index contributed by atoms with van der Waals surface area (Å²) in [4.78, 5) is 16.9. The molecule has 0 aliphatic carbocycles. The van der Waals surface area contributed by atoms with E-state index in [9.17, 15) is 0 Å². The molecule has 9 nitrogen and oxygen atoms in total. The third-order valence-corrected chi connectivity index (χ3v) is 6.65. The number of anilines is 2. The number of nitrogens with one attached hydrogen (secondary N) is 1. The predicted molar refractivity (Wildman–Crippen MR) is 126 cm³/mol. The normalized spacial score (nSPS) is 15.4. The second-order valence-electron chi connectivity index (χ2n) is 8.48. The quantitative estimate of drug-likeness (QED) is 0.496. The molecule has 5 rings (SSSR count). The van der Waals surface area contributed by atoms with E-state index < -0.39 is 0 Å². The fourth-order valence-corrected chi connectivity index (χ4v) is 4.92. The number of benzene rings is 1. The van der Waals surface area contributed by atoms with E-state index in [4.69, 9.17) is 20.2 Å². The van der Waals surface area contributed by atoms with Crippen LogP contribution in [0.15, 0.2) is 28.5 Å². The van der Waals surface area contributed by atoms with Crippen molar-refractivity contribution in [3.05, 3.63) is 18.5 Å². The fourth-order valence-electron chi connectivity index (χ4n) is 3.84. The number of nitrogens with two attached hydrogens (primary N) is 1. The van der Waals surface area contributed by atoms with Crippen molar-refractivity contribution in [2.45, 2.75) is 36.9 Å². The van der Waals surface area contributed by atoms with Gasteiger partial charge in [0.05, 0.1) is 5.69 Å². The molecule has 0 amide bonds. The van der Waals surface area contributed by atoms with Crippen molar-refractivity contribution in [3.63, 3.8) is 0 Å². The maximum atomic E-state index is 6.13. The lowest BCUT2D eigenvalue weighted by atomic mass is 10.1. The smallest absolute Gasteiger partial charge is 0.175 e. The first-order chi connectivity index (χ1) is 15.6. The summed E-state index contributed by atoms with van der Waals surface area (Å²) < 4.78 is 13.8. The Balaban J connectivity index is 1.50. The Morgan fingerprint density at radius 2 is 1.94 bits per heavy atom. The number of hydrogen-bond acceptors (Lipinski definition) is 9. The molecule has 0 atom stereocenters. The first-order valence-electron chi connectivity index (χ1n) is 11.1. The number of nitrogens with zero attached hydrogens (tertiary/aromatic N) is 5. The van der Waals surface area contributed by atoms with Crippen LogP contribution in [-0.2, 0) is 6.54 Å². The summed E-state index contributed by atoms with van der Waals surface area (Å²) in [7, 11) is 0. The number of imidazole rings is 1. The molecule has 32 heavy (non-hydrogen) atoms. The molecule has 3 aromatic rings. The van der Waals surface area contributed by atoms with Gasteiger partial charge in [0.15, 0.2) is 33.6 Å². The van der Waals surface area contributed by atoms with E-state index in [1.807, 2.05) is 0 Å². The molecule has 0 radical (unpaired) electrons. The van der Waals surface area contributed by atoms with Crippen molar-refractivity contribution in [1.82, 2.24) is 24.8 Å². The summed E-state index contributed by atoms with van der Waals surface area (Å²) in [6.07, 6.45) is 2.70. The van der Waals surface area contributed by atoms with Gasteiger partial charge in [-0.1, -0.05) is 13.8 Å². The maximum absolute atomic E-state index is 6.13. The van der Waals surface area contributed by atoms with Crippen LogP contribution in [0.2, 0.25) is 0 Å². The van der Waals surface area contributed by atoms with Crippen molar-refractivity contribution in [2.24, 2.45) is 5.92 Å². The number of hydrogen-bond donors (Lipinski definition) is 2. The van der Waals surface area contributed by atoms with Gasteiger partial charge in [-0.15, -0.1) is 0 Å². The molecule has 2 aliphatic heterocycles. The van der Waals surface area contributed by atoms with E-state index in [0.29, 0.717) is 30.5 Å². The largest absolute Gasteiger partial charge is 0.486 e. The van der Waals surface area contributed by atoms with Crippen LogP contribution in [0.5, 0.6) is 11.5 Å². The Kier molecular flexibility index (Phi) is 5.97. The fraction of sp³-hybridized carbons (Fsp3) is 0.500. The van der Waals surface area contributed by atoms with E-state index in [-0.39, 0.29) is 0 Å². The van der Waals surface area contributed by atoms with Gasteiger partial charge in [0.25, 0.3) is 0 Å². The lowest BCUT2D eigenvalue weighted by Gasteiger charge is -2.35. The molecule has 10 heteroatoms. The highest BCUT2D eigenvalue weighted by Crippen LogP contribution is 2.45. The zero-order valence-electron chi connectivity index (χ0n) is 18.5. The third kappa shape index (κ3) is 4.16. The van der Waals surface area contributed by atoms with Crippen molar-refractivity contribution in [2.75, 3.05) is 50.0 Å². The molecule has 1 fully saturated rings. The van der Waals surface area contributed by atoms with Crippen LogP contribution in [0.1, 0.15) is 20.3 Å². The van der Waals surface area contributed by atoms with E-state index in [0.717, 1.165) is 65.6 Å². The van der Waals surface area contributed by atoms with Crippen molar-refractivity contribution >= 4 is 34.4 Å². The lowest BCUT2D eigenvalue weighted by Crippen LogP contribution is -2.37. The van der Waals surface area contributed by atoms with Gasteiger partial charge in [0.2, 0.25) is 0 Å². The minimum atomic E-state index is 0.399. The van der Waals surface area contributed by atoms with Crippen LogP contribution in [0.25, 0.3) is 11.2 Å². The van der Waals surface area contributed by atoms with Gasteiger partial charge >= 0.3 is 0 Å². The minimum Gasteiger partial charge on any atom is -0.486 e. The van der Waals surface area contributed by atoms with E-state index in [2.05, 4.69) is 50.7 Å². The van der Waals surface area contributed by atoms with Crippen LogP contribution in [0, 0.1) is 5.92 Å². The SMILES string of the molecule is CC(C)CNCCn1c(Sc2cc3c(cc2N2CCC2)OCCO3)nc2c(N)ncnc21. The number of ether oxygens (including phenoxy) is 2. The van der Waals surface area contributed by atoms with Crippen LogP contribution in [0.3, 0.4) is 0 Å². The van der Waals surface area contributed by atoms with Gasteiger partial charge in [-0.3, -0.25) is 0 Å². The van der Waals surface area contributed by atoms with Gasteiger partial charge in [-0.25, -0.2) is 15.0 Å². The van der Waals surface area contributed by atoms with Gasteiger partial charge in [-0.05, 0) is 30.6 Å². The topological polar surface area (TPSA) is 103 Å². The number of nitrogen functional groups attached to an aromatic ring is 1. The van der Waals surface area contributed by atoms with Crippen LogP contribution in [0.4, 0.5) is 11.5 Å². The van der Waals surface area contributed by atoms with Gasteiger partial charge in [0.1, 0.15) is 19.5 Å². The highest BCUT2D eigenvalue weighted by atomic mass is 32.2. The summed E-state index contributed by atoms with van der Waals surface area (Å²) >= 11 is 1.61. The van der Waals surface area contributed by atoms with Gasteiger partial charge < -0.3 is 30.0 Å². The average molecular weight is 456 g/mol. The summed E-state index contributed by atoms with van der Waals surface area (Å²) in [5.74, 6) is 2.58. The molecule has 2 aromatic heterocycles. The van der Waals surface area contributed by atoms with Crippen LogP contribution >= 0.6 is 11.8 Å². The van der Waals surface area contributed by atoms with Crippen LogP contribution < -0.4 is 25.4 Å². The summed E-state index contributed by atoms with van der Waals surface area (Å²) in [5, 5.41) is 4.35. The Morgan fingerprint density at radius 3 is 2.66 bits per heavy atom. The number of aromatic nitrogens is 4. The molecule has 4 heterocycles. The van der Waals surface area contributed by atoms with E-state index >= 15 is 0 Å². The molecule has 170 valence electrons. The second kappa shape index (κ2) is 9.03. The van der Waals surface area contributed by atoms with Crippen molar-refractivity contribution < 1.29 is 9.47 Å². The van der Waals surface area contributed by atoms with Crippen LogP contribution in [-0.4, -0.2) is 58.9 Å². The first-order valence-corrected chi connectivity index (χ1v) is 12.0. The molecule has 1 saturated heterocycles. The monoisotopic (exact) mass is 455 g/mol. The third-order valence-electron chi connectivity index (χ3n) is 5.61.